The molecule has 0 aromatic carbocycles. The van der Waals surface area contributed by atoms with Crippen molar-refractivity contribution in [3.63, 3.8) is 0 Å². The zero-order valence-corrected chi connectivity index (χ0v) is 9.03. The number of hydrogen-bond donors (Lipinski definition) is 1. The van der Waals surface area contributed by atoms with Gasteiger partial charge >= 0.3 is 0 Å². The average molecular weight is 163 g/mol. The van der Waals surface area contributed by atoms with Crippen molar-refractivity contribution in [3.05, 3.63) is 0 Å². The van der Waals surface area contributed by atoms with Crippen LogP contribution in [0.3, 0.4) is 0 Å². The molecule has 11 heavy (non-hydrogen) atoms. The fourth-order valence-electron chi connectivity index (χ4n) is 0.361. The van der Waals surface area contributed by atoms with Crippen LogP contribution in [0.15, 0.2) is 0 Å². The van der Waals surface area contributed by atoms with Crippen molar-refractivity contribution in [1.82, 2.24) is 5.48 Å². The Morgan fingerprint density at radius 3 is 1.45 bits per heavy atom. The molecule has 1 fully saturated rings. The zero-order chi connectivity index (χ0) is 9.54. The molecule has 0 unspecified atom stereocenters. The maximum atomic E-state index is 4.69. The van der Waals surface area contributed by atoms with Gasteiger partial charge in [0.15, 0.2) is 0 Å². The molecule has 1 heterocycles. The van der Waals surface area contributed by atoms with Crippen LogP contribution in [0.2, 0.25) is 0 Å². The fourth-order valence-corrected chi connectivity index (χ4v) is 0.361. The van der Waals surface area contributed by atoms with E-state index in [0.717, 1.165) is 13.2 Å². The summed E-state index contributed by atoms with van der Waals surface area (Å²) in [6.07, 6.45) is 1.17. The van der Waals surface area contributed by atoms with Gasteiger partial charge in [0.25, 0.3) is 0 Å². The Bertz CT molecular complexity index is 21.1. The minimum absolute atomic E-state index is 0.889. The summed E-state index contributed by atoms with van der Waals surface area (Å²) in [6, 6.07) is 0. The summed E-state index contributed by atoms with van der Waals surface area (Å²) in [6.45, 7) is 13.9. The zero-order valence-electron chi connectivity index (χ0n) is 9.03. The van der Waals surface area contributed by atoms with Crippen molar-refractivity contribution in [2.24, 2.45) is 0 Å². The summed E-state index contributed by atoms with van der Waals surface area (Å²) in [5.41, 5.74) is 2.72. The van der Waals surface area contributed by atoms with E-state index in [2.05, 4.69) is 5.48 Å². The number of hydrogen-bond acceptors (Lipinski definition) is 2. The monoisotopic (exact) mass is 163 g/mol. The standard InChI is InChI=1S/C3H7NO.3C2H6/c1-2-4-5-3-1;3*1-2/h4H,1-3H2;3*1-2H3. The molecule has 2 heteroatoms. The Kier molecular flexibility index (Phi) is 50.8. The molecule has 0 atom stereocenters. The van der Waals surface area contributed by atoms with Gasteiger partial charge in [-0.15, -0.1) is 0 Å². The van der Waals surface area contributed by atoms with E-state index < -0.39 is 0 Å². The molecule has 0 aromatic rings. The molecule has 2 nitrogen and oxygen atoms in total. The van der Waals surface area contributed by atoms with Gasteiger partial charge < -0.3 is 4.84 Å². The third-order valence-electron chi connectivity index (χ3n) is 0.627. The molecular formula is C9H25NO. The van der Waals surface area contributed by atoms with Crippen molar-refractivity contribution in [2.45, 2.75) is 48.0 Å². The second-order valence-corrected chi connectivity index (χ2v) is 1.10. The molecule has 1 aliphatic rings. The van der Waals surface area contributed by atoms with Gasteiger partial charge in [0, 0.05) is 6.54 Å². The Labute approximate surface area is 72.3 Å². The van der Waals surface area contributed by atoms with Gasteiger partial charge in [-0.2, -0.15) is 0 Å². The highest BCUT2D eigenvalue weighted by molar-refractivity contribution is 4.40. The molecule has 72 valence electrons. The van der Waals surface area contributed by atoms with Gasteiger partial charge in [0.2, 0.25) is 0 Å². The first kappa shape index (κ1) is 17.1. The van der Waals surface area contributed by atoms with E-state index >= 15 is 0 Å². The SMILES string of the molecule is C1CNOC1.CC.CC.CC. The first-order valence-corrected chi connectivity index (χ1v) is 4.85. The lowest BCUT2D eigenvalue weighted by Crippen LogP contribution is -2.01. The lowest BCUT2D eigenvalue weighted by atomic mass is 10.5. The second-order valence-electron chi connectivity index (χ2n) is 1.10. The van der Waals surface area contributed by atoms with E-state index in [1.807, 2.05) is 41.5 Å². The van der Waals surface area contributed by atoms with E-state index in [9.17, 15) is 0 Å². The molecular weight excluding hydrogens is 138 g/mol. The number of hydroxylamine groups is 1. The van der Waals surface area contributed by atoms with E-state index in [-0.39, 0.29) is 0 Å². The minimum atomic E-state index is 0.889. The second kappa shape index (κ2) is 32.6. The lowest BCUT2D eigenvalue weighted by Gasteiger charge is -1.80. The summed E-state index contributed by atoms with van der Waals surface area (Å²) in [5, 5.41) is 0. The van der Waals surface area contributed by atoms with Crippen molar-refractivity contribution >= 4 is 0 Å². The topological polar surface area (TPSA) is 21.3 Å². The summed E-state index contributed by atoms with van der Waals surface area (Å²) < 4.78 is 0. The van der Waals surface area contributed by atoms with E-state index in [1.165, 1.54) is 6.42 Å². The first-order valence-electron chi connectivity index (χ1n) is 4.85. The largest absolute Gasteiger partial charge is 0.302 e. The quantitative estimate of drug-likeness (QED) is 0.592. The molecule has 1 N–H and O–H groups in total. The van der Waals surface area contributed by atoms with Crippen molar-refractivity contribution < 1.29 is 4.84 Å². The van der Waals surface area contributed by atoms with Crippen LogP contribution in [-0.2, 0) is 4.84 Å². The Balaban J connectivity index is -0.0000000933. The summed E-state index contributed by atoms with van der Waals surface area (Å²) in [5.74, 6) is 0. The van der Waals surface area contributed by atoms with Crippen molar-refractivity contribution in [1.29, 1.82) is 0 Å². The summed E-state index contributed by atoms with van der Waals surface area (Å²) >= 11 is 0. The van der Waals surface area contributed by atoms with Crippen LogP contribution in [-0.4, -0.2) is 13.2 Å². The van der Waals surface area contributed by atoms with E-state index in [0.29, 0.717) is 0 Å². The molecule has 1 saturated heterocycles. The van der Waals surface area contributed by atoms with Crippen LogP contribution < -0.4 is 5.48 Å². The fraction of sp³-hybridized carbons (Fsp3) is 1.00. The lowest BCUT2D eigenvalue weighted by molar-refractivity contribution is 0.103. The van der Waals surface area contributed by atoms with Crippen molar-refractivity contribution in [2.75, 3.05) is 13.2 Å². The highest BCUT2D eigenvalue weighted by atomic mass is 16.6. The highest BCUT2D eigenvalue weighted by Gasteiger charge is 1.93. The summed E-state index contributed by atoms with van der Waals surface area (Å²) in [7, 11) is 0. The van der Waals surface area contributed by atoms with Crippen LogP contribution in [0.25, 0.3) is 0 Å². The van der Waals surface area contributed by atoms with Gasteiger partial charge in [0.05, 0.1) is 6.61 Å². The van der Waals surface area contributed by atoms with E-state index in [1.54, 1.807) is 0 Å². The third kappa shape index (κ3) is 25.7. The molecule has 1 aliphatic heterocycles. The molecule has 0 saturated carbocycles. The van der Waals surface area contributed by atoms with Crippen LogP contribution in [0.1, 0.15) is 48.0 Å². The molecule has 0 amide bonds. The molecule has 1 rings (SSSR count). The van der Waals surface area contributed by atoms with E-state index in [4.69, 9.17) is 4.84 Å². The predicted octanol–water partition coefficient (Wildman–Crippen LogP) is 2.99. The van der Waals surface area contributed by atoms with Crippen LogP contribution in [0.4, 0.5) is 0 Å². The Hall–Kier alpha value is -0.0800. The Morgan fingerprint density at radius 1 is 0.909 bits per heavy atom. The molecule has 0 aliphatic carbocycles. The smallest absolute Gasteiger partial charge is 0.0695 e. The first-order chi connectivity index (χ1) is 5.50. The normalized spacial score (nSPS) is 12.5. The summed E-state index contributed by atoms with van der Waals surface area (Å²) in [4.78, 5) is 4.69. The minimum Gasteiger partial charge on any atom is -0.302 e. The number of nitrogens with one attached hydrogen (secondary N) is 1. The molecule has 0 bridgehead atoms. The highest BCUT2D eigenvalue weighted by Crippen LogP contribution is 1.83. The molecule has 0 spiro atoms. The van der Waals surface area contributed by atoms with Gasteiger partial charge in [0.1, 0.15) is 0 Å². The maximum Gasteiger partial charge on any atom is 0.0695 e. The van der Waals surface area contributed by atoms with Crippen LogP contribution >= 0.6 is 0 Å². The van der Waals surface area contributed by atoms with Crippen LogP contribution in [0, 0.1) is 0 Å². The predicted molar refractivity (Wildman–Crippen MR) is 52.6 cm³/mol. The van der Waals surface area contributed by atoms with Crippen molar-refractivity contribution in [3.8, 4) is 0 Å². The average Bonchev–Trinajstić information content (AvgIpc) is 2.71. The molecule has 0 aromatic heterocycles. The van der Waals surface area contributed by atoms with Gasteiger partial charge in [-0.25, -0.2) is 5.48 Å². The Morgan fingerprint density at radius 2 is 1.36 bits per heavy atom. The van der Waals surface area contributed by atoms with Gasteiger partial charge in [-0.3, -0.25) is 0 Å². The van der Waals surface area contributed by atoms with Gasteiger partial charge in [-0.05, 0) is 6.42 Å². The number of rotatable bonds is 0. The van der Waals surface area contributed by atoms with Gasteiger partial charge in [-0.1, -0.05) is 41.5 Å². The third-order valence-corrected chi connectivity index (χ3v) is 0.627. The van der Waals surface area contributed by atoms with Crippen LogP contribution in [0.5, 0.6) is 0 Å². The molecule has 0 radical (unpaired) electrons. The maximum absolute atomic E-state index is 4.69.